The summed E-state index contributed by atoms with van der Waals surface area (Å²) in [6, 6.07) is 3.08. The van der Waals surface area contributed by atoms with Crippen LogP contribution in [0.2, 0.25) is 5.15 Å². The van der Waals surface area contributed by atoms with Crippen LogP contribution in [0.15, 0.2) is 12.1 Å². The Morgan fingerprint density at radius 1 is 1.60 bits per heavy atom. The predicted molar refractivity (Wildman–Crippen MR) is 61.5 cm³/mol. The Bertz CT molecular complexity index is 437. The molecule has 5 heteroatoms. The number of pyridine rings is 1. The number of carboxylic acid groups (broad SMARTS) is 1. The largest absolute Gasteiger partial charge is 0.476 e. The summed E-state index contributed by atoms with van der Waals surface area (Å²) in [6.07, 6.45) is 0.654. The summed E-state index contributed by atoms with van der Waals surface area (Å²) in [4.78, 5) is 14.5. The Morgan fingerprint density at radius 2 is 2.33 bits per heavy atom. The van der Waals surface area contributed by atoms with Crippen LogP contribution in [0.25, 0.3) is 0 Å². The van der Waals surface area contributed by atoms with Crippen molar-refractivity contribution in [1.29, 1.82) is 0 Å². The minimum atomic E-state index is -1.12. The van der Waals surface area contributed by atoms with Crippen LogP contribution in [0.1, 0.15) is 22.5 Å². The lowest BCUT2D eigenvalue weighted by atomic mass is 10.2. The molecule has 0 aliphatic carbocycles. The molecular formula is C10H7BrClNO2. The van der Waals surface area contributed by atoms with Gasteiger partial charge >= 0.3 is 5.97 Å². The average Bonchev–Trinajstić information content (AvgIpc) is 2.20. The third-order valence-corrected chi connectivity index (χ3v) is 2.11. The van der Waals surface area contributed by atoms with E-state index < -0.39 is 5.97 Å². The number of halogens is 2. The molecule has 0 amide bonds. The molecule has 0 aliphatic heterocycles. The first kappa shape index (κ1) is 12.0. The van der Waals surface area contributed by atoms with Gasteiger partial charge in [-0.2, -0.15) is 0 Å². The van der Waals surface area contributed by atoms with Gasteiger partial charge in [0, 0.05) is 11.8 Å². The first-order valence-electron chi connectivity index (χ1n) is 4.10. The van der Waals surface area contributed by atoms with Gasteiger partial charge in [-0.25, -0.2) is 9.78 Å². The van der Waals surface area contributed by atoms with Gasteiger partial charge in [0.15, 0.2) is 5.69 Å². The van der Waals surface area contributed by atoms with Crippen molar-refractivity contribution in [2.45, 2.75) is 6.42 Å². The highest BCUT2D eigenvalue weighted by Gasteiger charge is 2.10. The van der Waals surface area contributed by atoms with Crippen molar-refractivity contribution in [2.75, 3.05) is 5.33 Å². The van der Waals surface area contributed by atoms with Crippen molar-refractivity contribution in [3.8, 4) is 11.8 Å². The fourth-order valence-electron chi connectivity index (χ4n) is 0.904. The molecule has 0 saturated carbocycles. The van der Waals surface area contributed by atoms with E-state index in [0.717, 1.165) is 5.33 Å². The highest BCUT2D eigenvalue weighted by atomic mass is 79.9. The topological polar surface area (TPSA) is 50.2 Å². The molecule has 0 atom stereocenters. The van der Waals surface area contributed by atoms with E-state index in [1.165, 1.54) is 6.07 Å². The lowest BCUT2D eigenvalue weighted by molar-refractivity contribution is 0.0690. The van der Waals surface area contributed by atoms with Crippen molar-refractivity contribution >= 4 is 33.5 Å². The molecule has 78 valence electrons. The van der Waals surface area contributed by atoms with E-state index in [2.05, 4.69) is 32.8 Å². The maximum atomic E-state index is 10.8. The molecule has 0 radical (unpaired) electrons. The fourth-order valence-corrected chi connectivity index (χ4v) is 1.25. The number of aromatic carboxylic acids is 1. The predicted octanol–water partition coefficient (Wildman–Crippen LogP) is 2.57. The number of hydrogen-bond acceptors (Lipinski definition) is 2. The van der Waals surface area contributed by atoms with Gasteiger partial charge in [0.05, 0.1) is 5.56 Å². The van der Waals surface area contributed by atoms with Crippen molar-refractivity contribution in [3.63, 3.8) is 0 Å². The quantitative estimate of drug-likeness (QED) is 0.517. The molecule has 1 rings (SSSR count). The van der Waals surface area contributed by atoms with Crippen molar-refractivity contribution < 1.29 is 9.90 Å². The normalized spacial score (nSPS) is 9.20. The molecule has 0 spiro atoms. The molecule has 0 aliphatic rings. The number of hydrogen-bond donors (Lipinski definition) is 1. The van der Waals surface area contributed by atoms with Crippen LogP contribution in [0.5, 0.6) is 0 Å². The number of carboxylic acids is 1. The number of nitrogens with zero attached hydrogens (tertiary/aromatic N) is 1. The van der Waals surface area contributed by atoms with E-state index in [-0.39, 0.29) is 10.8 Å². The van der Waals surface area contributed by atoms with E-state index in [9.17, 15) is 4.79 Å². The molecule has 1 aromatic heterocycles. The van der Waals surface area contributed by atoms with Crippen molar-refractivity contribution in [3.05, 3.63) is 28.5 Å². The number of carbonyl (C=O) groups is 1. The van der Waals surface area contributed by atoms with E-state index in [0.29, 0.717) is 12.0 Å². The molecular weight excluding hydrogens is 281 g/mol. The third kappa shape index (κ3) is 3.54. The van der Waals surface area contributed by atoms with E-state index in [4.69, 9.17) is 16.7 Å². The van der Waals surface area contributed by atoms with Gasteiger partial charge in [-0.05, 0) is 12.1 Å². The van der Waals surface area contributed by atoms with Crippen LogP contribution in [0, 0.1) is 11.8 Å². The van der Waals surface area contributed by atoms with Crippen molar-refractivity contribution in [2.24, 2.45) is 0 Å². The monoisotopic (exact) mass is 287 g/mol. The van der Waals surface area contributed by atoms with Crippen molar-refractivity contribution in [1.82, 2.24) is 4.98 Å². The van der Waals surface area contributed by atoms with Crippen LogP contribution in [0.4, 0.5) is 0 Å². The molecule has 1 N–H and O–H groups in total. The Kier molecular flexibility index (Phi) is 4.60. The summed E-state index contributed by atoms with van der Waals surface area (Å²) in [7, 11) is 0. The maximum absolute atomic E-state index is 10.8. The van der Waals surface area contributed by atoms with Gasteiger partial charge in [0.25, 0.3) is 0 Å². The zero-order chi connectivity index (χ0) is 11.3. The second-order valence-corrected chi connectivity index (χ2v) is 3.76. The average molecular weight is 289 g/mol. The van der Waals surface area contributed by atoms with Crippen LogP contribution in [-0.4, -0.2) is 21.4 Å². The number of rotatable bonds is 2. The second kappa shape index (κ2) is 5.74. The van der Waals surface area contributed by atoms with Gasteiger partial charge in [-0.1, -0.05) is 39.4 Å². The van der Waals surface area contributed by atoms with Gasteiger partial charge < -0.3 is 5.11 Å². The molecule has 1 heterocycles. The molecule has 0 fully saturated rings. The maximum Gasteiger partial charge on any atom is 0.355 e. The molecule has 0 bridgehead atoms. The first-order valence-corrected chi connectivity index (χ1v) is 5.59. The summed E-state index contributed by atoms with van der Waals surface area (Å²) in [5.41, 5.74) is 0.275. The lowest BCUT2D eigenvalue weighted by Crippen LogP contribution is -2.03. The van der Waals surface area contributed by atoms with Gasteiger partial charge in [-0.15, -0.1) is 0 Å². The Hall–Kier alpha value is -1.05. The molecule has 0 aromatic carbocycles. The van der Waals surface area contributed by atoms with Gasteiger partial charge in [-0.3, -0.25) is 0 Å². The third-order valence-electron chi connectivity index (χ3n) is 1.51. The highest BCUT2D eigenvalue weighted by Crippen LogP contribution is 2.10. The Morgan fingerprint density at radius 3 is 2.93 bits per heavy atom. The van der Waals surface area contributed by atoms with Gasteiger partial charge in [0.2, 0.25) is 0 Å². The van der Waals surface area contributed by atoms with Crippen LogP contribution in [0.3, 0.4) is 0 Å². The summed E-state index contributed by atoms with van der Waals surface area (Å²) in [5.74, 6) is 4.44. The lowest BCUT2D eigenvalue weighted by Gasteiger charge is -1.97. The molecule has 0 saturated heterocycles. The Labute approximate surface area is 101 Å². The highest BCUT2D eigenvalue weighted by molar-refractivity contribution is 9.09. The molecule has 0 unspecified atom stereocenters. The zero-order valence-corrected chi connectivity index (χ0v) is 9.97. The number of alkyl halides is 1. The zero-order valence-electron chi connectivity index (χ0n) is 7.63. The standard InChI is InChI=1S/C10H7BrClNO2/c11-6-2-1-3-7-4-5-8(12)13-9(7)10(14)15/h4-5H,2,6H2,(H,14,15). The minimum Gasteiger partial charge on any atom is -0.476 e. The smallest absolute Gasteiger partial charge is 0.355 e. The van der Waals surface area contributed by atoms with Gasteiger partial charge in [0.1, 0.15) is 5.15 Å². The number of aromatic nitrogens is 1. The Balaban J connectivity index is 3.08. The summed E-state index contributed by atoms with van der Waals surface area (Å²) in [6.45, 7) is 0. The SMILES string of the molecule is O=C(O)c1nc(Cl)ccc1C#CCCBr. The van der Waals surface area contributed by atoms with Crippen LogP contribution >= 0.6 is 27.5 Å². The van der Waals surface area contributed by atoms with E-state index >= 15 is 0 Å². The van der Waals surface area contributed by atoms with E-state index in [1.54, 1.807) is 6.07 Å². The summed E-state index contributed by atoms with van der Waals surface area (Å²) >= 11 is 8.82. The fraction of sp³-hybridized carbons (Fsp3) is 0.200. The van der Waals surface area contributed by atoms with Crippen LogP contribution in [-0.2, 0) is 0 Å². The van der Waals surface area contributed by atoms with E-state index in [1.807, 2.05) is 0 Å². The second-order valence-electron chi connectivity index (χ2n) is 2.58. The molecule has 1 aromatic rings. The van der Waals surface area contributed by atoms with Crippen LogP contribution < -0.4 is 0 Å². The molecule has 15 heavy (non-hydrogen) atoms. The summed E-state index contributed by atoms with van der Waals surface area (Å²) < 4.78 is 0. The molecule has 3 nitrogen and oxygen atoms in total. The minimum absolute atomic E-state index is 0.107. The summed E-state index contributed by atoms with van der Waals surface area (Å²) in [5, 5.41) is 9.75. The first-order chi connectivity index (χ1) is 7.15.